The number of rotatable bonds is 6. The number of nitrogens with one attached hydrogen (secondary N) is 1. The summed E-state index contributed by atoms with van der Waals surface area (Å²) < 4.78 is 0.0258. The summed E-state index contributed by atoms with van der Waals surface area (Å²) in [5.74, 6) is 0.629. The summed E-state index contributed by atoms with van der Waals surface area (Å²) in [6.07, 6.45) is 8.04. The van der Waals surface area contributed by atoms with Crippen molar-refractivity contribution < 1.29 is 4.79 Å². The van der Waals surface area contributed by atoms with Gasteiger partial charge in [0.05, 0.1) is 11.3 Å². The molecule has 1 aliphatic heterocycles. The van der Waals surface area contributed by atoms with Gasteiger partial charge >= 0.3 is 0 Å². The zero-order chi connectivity index (χ0) is 17.1. The van der Waals surface area contributed by atoms with Crippen molar-refractivity contribution in [3.63, 3.8) is 0 Å². The highest BCUT2D eigenvalue weighted by atomic mass is 32.2. The lowest BCUT2D eigenvalue weighted by Gasteiger charge is -2.22. The van der Waals surface area contributed by atoms with Crippen molar-refractivity contribution in [1.29, 1.82) is 0 Å². The van der Waals surface area contributed by atoms with E-state index in [4.69, 9.17) is 4.79 Å². The average Bonchev–Trinajstić information content (AvgIpc) is 3.00. The number of aliphatic imine (C=N–C) groups is 1. The number of carbonyl (C=O) groups excluding carboxylic acids is 1. The summed E-state index contributed by atoms with van der Waals surface area (Å²) in [7, 11) is 0. The minimum absolute atomic E-state index is 0.0258. The molecule has 0 radical (unpaired) electrons. The van der Waals surface area contributed by atoms with Gasteiger partial charge in [-0.25, -0.2) is 0 Å². The van der Waals surface area contributed by atoms with Crippen molar-refractivity contribution >= 4 is 36.3 Å². The molecule has 0 aliphatic carbocycles. The molecule has 2 unspecified atom stereocenters. The van der Waals surface area contributed by atoms with E-state index < -0.39 is 0 Å². The third-order valence-electron chi connectivity index (χ3n) is 3.83. The molecular formula is C17H25N3OS2. The first-order valence-corrected chi connectivity index (χ1v) is 8.97. The molecule has 2 atom stereocenters. The second kappa shape index (κ2) is 10.5. The van der Waals surface area contributed by atoms with Crippen molar-refractivity contribution in [3.05, 3.63) is 41.6 Å². The summed E-state index contributed by atoms with van der Waals surface area (Å²) in [6.45, 7) is 8.25. The number of amidine groups is 1. The van der Waals surface area contributed by atoms with Gasteiger partial charge in [-0.1, -0.05) is 31.2 Å². The Labute approximate surface area is 148 Å². The minimum Gasteiger partial charge on any atom is -0.365 e. The fourth-order valence-corrected chi connectivity index (χ4v) is 3.54. The first kappa shape index (κ1) is 19.8. The number of aromatic nitrogens is 1. The van der Waals surface area contributed by atoms with Gasteiger partial charge in [0.2, 0.25) is 0 Å². The monoisotopic (exact) mass is 351 g/mol. The van der Waals surface area contributed by atoms with Crippen LogP contribution in [-0.4, -0.2) is 30.0 Å². The molecule has 0 bridgehead atoms. The highest BCUT2D eigenvalue weighted by Gasteiger charge is 2.34. The van der Waals surface area contributed by atoms with Gasteiger partial charge in [-0.3, -0.25) is 9.98 Å². The standard InChI is InChI=1S/C16H23N3S2.CH2O/c1-3-13(5-4-10-20)11-18-15-19-12-16(2,21-15)14-6-8-17-9-7-14;1-2/h4,6-10,13,20H,3,5,11-12H2,1-2H3,(H,18,19);1H2/b10-4-;. The molecule has 2 rings (SSSR count). The first-order valence-electron chi connectivity index (χ1n) is 7.64. The van der Waals surface area contributed by atoms with Crippen LogP contribution in [0.4, 0.5) is 0 Å². The number of pyridine rings is 1. The van der Waals surface area contributed by atoms with Crippen LogP contribution in [0, 0.1) is 5.92 Å². The molecule has 126 valence electrons. The van der Waals surface area contributed by atoms with E-state index in [1.165, 1.54) is 5.56 Å². The molecule has 0 amide bonds. The van der Waals surface area contributed by atoms with Gasteiger partial charge < -0.3 is 10.1 Å². The first-order chi connectivity index (χ1) is 11.2. The fraction of sp³-hybridized carbons (Fsp3) is 0.471. The largest absolute Gasteiger partial charge is 0.365 e. The van der Waals surface area contributed by atoms with Gasteiger partial charge in [0.1, 0.15) is 6.79 Å². The van der Waals surface area contributed by atoms with E-state index in [0.29, 0.717) is 5.92 Å². The molecule has 1 aliphatic rings. The van der Waals surface area contributed by atoms with E-state index in [9.17, 15) is 0 Å². The molecule has 1 N–H and O–H groups in total. The number of hydrogen-bond acceptors (Lipinski definition) is 6. The van der Waals surface area contributed by atoms with Crippen LogP contribution in [0.3, 0.4) is 0 Å². The number of thiol groups is 1. The summed E-state index contributed by atoms with van der Waals surface area (Å²) in [5, 5.41) is 6.39. The van der Waals surface area contributed by atoms with Crippen molar-refractivity contribution in [2.24, 2.45) is 10.9 Å². The Morgan fingerprint density at radius 3 is 2.78 bits per heavy atom. The Balaban J connectivity index is 0.00000127. The molecule has 0 fully saturated rings. The molecular weight excluding hydrogens is 326 g/mol. The highest BCUT2D eigenvalue weighted by molar-refractivity contribution is 8.14. The molecule has 2 heterocycles. The molecule has 0 spiro atoms. The van der Waals surface area contributed by atoms with Gasteiger partial charge in [0.15, 0.2) is 5.17 Å². The summed E-state index contributed by atoms with van der Waals surface area (Å²) in [6, 6.07) is 4.16. The molecule has 23 heavy (non-hydrogen) atoms. The van der Waals surface area contributed by atoms with Gasteiger partial charge in [0, 0.05) is 18.9 Å². The van der Waals surface area contributed by atoms with E-state index >= 15 is 0 Å². The van der Waals surface area contributed by atoms with Crippen LogP contribution in [0.25, 0.3) is 0 Å². The highest BCUT2D eigenvalue weighted by Crippen LogP contribution is 2.40. The van der Waals surface area contributed by atoms with E-state index in [2.05, 4.69) is 60.0 Å². The second-order valence-electron chi connectivity index (χ2n) is 5.47. The number of thioether (sulfide) groups is 1. The molecule has 0 saturated heterocycles. The Morgan fingerprint density at radius 1 is 1.48 bits per heavy atom. The maximum absolute atomic E-state index is 8.00. The smallest absolute Gasteiger partial charge is 0.157 e. The second-order valence-corrected chi connectivity index (χ2v) is 7.26. The normalized spacial score (nSPS) is 21.4. The van der Waals surface area contributed by atoms with Crippen molar-refractivity contribution in [2.45, 2.75) is 31.4 Å². The van der Waals surface area contributed by atoms with Crippen LogP contribution in [0.5, 0.6) is 0 Å². The third-order valence-corrected chi connectivity index (χ3v) is 5.32. The zero-order valence-corrected chi connectivity index (χ0v) is 15.4. The molecule has 0 aromatic carbocycles. The van der Waals surface area contributed by atoms with Crippen LogP contribution < -0.4 is 5.32 Å². The van der Waals surface area contributed by atoms with E-state index in [1.807, 2.05) is 36.4 Å². The predicted molar refractivity (Wildman–Crippen MR) is 103 cm³/mol. The maximum Gasteiger partial charge on any atom is 0.157 e. The number of carbonyl (C=O) groups is 1. The Bertz CT molecular complexity index is 522. The summed E-state index contributed by atoms with van der Waals surface area (Å²) in [4.78, 5) is 16.8. The average molecular weight is 352 g/mol. The predicted octanol–water partition coefficient (Wildman–Crippen LogP) is 3.66. The Morgan fingerprint density at radius 2 is 2.17 bits per heavy atom. The van der Waals surface area contributed by atoms with E-state index in [1.54, 1.807) is 0 Å². The Kier molecular flexibility index (Phi) is 9.02. The van der Waals surface area contributed by atoms with E-state index in [-0.39, 0.29) is 4.75 Å². The van der Waals surface area contributed by atoms with Gasteiger partial charge in [0.25, 0.3) is 0 Å². The van der Waals surface area contributed by atoms with Crippen molar-refractivity contribution in [1.82, 2.24) is 10.3 Å². The van der Waals surface area contributed by atoms with Crippen LogP contribution in [0.1, 0.15) is 32.3 Å². The van der Waals surface area contributed by atoms with E-state index in [0.717, 1.165) is 31.1 Å². The maximum atomic E-state index is 8.00. The van der Waals surface area contributed by atoms with Crippen LogP contribution >= 0.6 is 24.4 Å². The summed E-state index contributed by atoms with van der Waals surface area (Å²) >= 11 is 5.94. The van der Waals surface area contributed by atoms with Gasteiger partial charge in [-0.15, -0.1) is 0 Å². The van der Waals surface area contributed by atoms with Crippen molar-refractivity contribution in [3.8, 4) is 0 Å². The lowest BCUT2D eigenvalue weighted by molar-refractivity contribution is -0.0979. The summed E-state index contributed by atoms with van der Waals surface area (Å²) in [5.41, 5.74) is 1.29. The molecule has 1 aromatic rings. The zero-order valence-electron chi connectivity index (χ0n) is 13.7. The number of nitrogens with zero attached hydrogens (tertiary/aromatic N) is 2. The quantitative estimate of drug-likeness (QED) is 0.768. The number of allylic oxidation sites excluding steroid dienone is 1. The van der Waals surface area contributed by atoms with Crippen molar-refractivity contribution in [2.75, 3.05) is 13.1 Å². The van der Waals surface area contributed by atoms with Gasteiger partial charge in [-0.2, -0.15) is 12.6 Å². The van der Waals surface area contributed by atoms with Crippen LogP contribution in [0.15, 0.2) is 41.0 Å². The molecule has 4 nitrogen and oxygen atoms in total. The molecule has 6 heteroatoms. The lowest BCUT2D eigenvalue weighted by atomic mass is 10.0. The molecule has 1 aromatic heterocycles. The van der Waals surface area contributed by atoms with Crippen LogP contribution in [0.2, 0.25) is 0 Å². The third kappa shape index (κ3) is 6.03. The SMILES string of the molecule is C=O.CCC(C/C=C\S)CNC1=NCC(C)(c2ccncc2)S1. The molecule has 0 saturated carbocycles. The number of hydrogen-bond donors (Lipinski definition) is 2. The topological polar surface area (TPSA) is 54.4 Å². The lowest BCUT2D eigenvalue weighted by Crippen LogP contribution is -2.27. The fourth-order valence-electron chi connectivity index (χ4n) is 2.33. The Hall–Kier alpha value is -1.27. The minimum atomic E-state index is 0.0258. The van der Waals surface area contributed by atoms with Gasteiger partial charge in [-0.05, 0) is 42.4 Å². The van der Waals surface area contributed by atoms with Crippen LogP contribution in [-0.2, 0) is 9.54 Å².